The minimum absolute atomic E-state index is 0.0658. The summed E-state index contributed by atoms with van der Waals surface area (Å²) in [4.78, 5) is 19.4. The van der Waals surface area contributed by atoms with Gasteiger partial charge in [-0.05, 0) is 48.1 Å². The van der Waals surface area contributed by atoms with Crippen molar-refractivity contribution in [3.63, 3.8) is 0 Å². The Hall–Kier alpha value is -4.57. The molecule has 2 aliphatic rings. The highest BCUT2D eigenvalue weighted by Crippen LogP contribution is 2.48. The third-order valence-corrected chi connectivity index (χ3v) is 10.3. The number of fused-ring (bicyclic) bond motifs is 1. The highest BCUT2D eigenvalue weighted by molar-refractivity contribution is 7.89. The van der Waals surface area contributed by atoms with Gasteiger partial charge in [-0.2, -0.15) is 0 Å². The lowest BCUT2D eigenvalue weighted by atomic mass is 9.75. The number of aliphatic imine (C=N–C) groups is 1. The fourth-order valence-corrected chi connectivity index (χ4v) is 8.26. The predicted octanol–water partition coefficient (Wildman–Crippen LogP) is 6.82. The highest BCUT2D eigenvalue weighted by Gasteiger charge is 2.59. The van der Waals surface area contributed by atoms with Gasteiger partial charge in [-0.3, -0.25) is 4.79 Å². The van der Waals surface area contributed by atoms with Gasteiger partial charge in [0.15, 0.2) is 0 Å². The molecule has 0 saturated carbocycles. The number of carboxylic acid groups (broad SMARTS) is 1. The molecule has 8 nitrogen and oxygen atoms in total. The van der Waals surface area contributed by atoms with Crippen molar-refractivity contribution in [3.8, 4) is 0 Å². The molecule has 0 spiro atoms. The second-order valence-electron chi connectivity index (χ2n) is 12.1. The summed E-state index contributed by atoms with van der Waals surface area (Å²) in [6, 6.07) is 35.2. The van der Waals surface area contributed by atoms with E-state index in [1.54, 1.807) is 18.5 Å². The summed E-state index contributed by atoms with van der Waals surface area (Å²) in [6.07, 6.45) is 6.02. The summed E-state index contributed by atoms with van der Waals surface area (Å²) in [5.41, 5.74) is 3.75. The number of quaternary nitrogens is 1. The first-order valence-corrected chi connectivity index (χ1v) is 17.2. The molecule has 0 radical (unpaired) electrons. The first-order chi connectivity index (χ1) is 22.2. The van der Waals surface area contributed by atoms with Crippen molar-refractivity contribution in [2.24, 2.45) is 10.9 Å². The number of nitrogens with zero attached hydrogens (tertiary/aromatic N) is 2. The zero-order valence-electron chi connectivity index (χ0n) is 25.8. The second kappa shape index (κ2) is 13.0. The van der Waals surface area contributed by atoms with Crippen LogP contribution in [0.4, 0.5) is 5.69 Å². The topological polar surface area (TPSA) is 108 Å². The van der Waals surface area contributed by atoms with Crippen molar-refractivity contribution in [3.05, 3.63) is 143 Å². The van der Waals surface area contributed by atoms with Gasteiger partial charge in [0.25, 0.3) is 10.0 Å². The number of sulfonamides is 1. The number of carboxylic acids is 1. The van der Waals surface area contributed by atoms with E-state index in [1.807, 2.05) is 103 Å². The van der Waals surface area contributed by atoms with Gasteiger partial charge in [0.1, 0.15) is 16.8 Å². The molecule has 4 aromatic carbocycles. The van der Waals surface area contributed by atoms with Gasteiger partial charge in [0.2, 0.25) is 11.9 Å². The van der Waals surface area contributed by atoms with Crippen molar-refractivity contribution in [2.45, 2.75) is 49.5 Å². The number of carbonyl (C=O) groups is 1. The van der Waals surface area contributed by atoms with Gasteiger partial charge < -0.3 is 10.4 Å². The third-order valence-electron chi connectivity index (χ3n) is 8.83. The van der Waals surface area contributed by atoms with E-state index in [1.165, 1.54) is 0 Å². The standard InChI is InChI=1S/C37H38N4O4S/c1-28-24-29-14-13-22-34(36(29)38-25-28)46(44,45)40-41(26-33(39-27-41)21-11-12-23-35(42)43)37(30-15-5-2-6-16-30,31-17-7-3-8-18-31)32-19-9-4-10-20-32/h2-10,13-20,22,26-28,38,40H,11-12,21,23-25H2,1H3/p+1/t28?,41-/m1/s1. The second-order valence-corrected chi connectivity index (χ2v) is 13.8. The first-order valence-electron chi connectivity index (χ1n) is 15.7. The Morgan fingerprint density at radius 1 is 0.891 bits per heavy atom. The van der Waals surface area contributed by atoms with E-state index in [2.05, 4.69) is 17.1 Å². The zero-order valence-corrected chi connectivity index (χ0v) is 26.7. The van der Waals surface area contributed by atoms with E-state index in [4.69, 9.17) is 4.99 Å². The number of hydrogen-bond acceptors (Lipinski definition) is 5. The Morgan fingerprint density at radius 3 is 2.04 bits per heavy atom. The lowest BCUT2D eigenvalue weighted by Crippen LogP contribution is -2.67. The third kappa shape index (κ3) is 5.89. The van der Waals surface area contributed by atoms with Crippen LogP contribution < -0.4 is 10.1 Å². The molecule has 2 aliphatic heterocycles. The molecule has 0 fully saturated rings. The number of rotatable bonds is 12. The Balaban J connectivity index is 1.59. The molecule has 0 saturated heterocycles. The van der Waals surface area contributed by atoms with Crippen LogP contribution in [0.1, 0.15) is 54.9 Å². The molecule has 6 rings (SSSR count). The number of anilines is 1. The molecule has 1 unspecified atom stereocenters. The zero-order chi connectivity index (χ0) is 32.2. The molecule has 2 atom stereocenters. The summed E-state index contributed by atoms with van der Waals surface area (Å²) in [5, 5.41) is 12.6. The molecule has 0 aliphatic carbocycles. The maximum absolute atomic E-state index is 14.8. The average Bonchev–Trinajstić information content (AvgIpc) is 3.47. The monoisotopic (exact) mass is 635 g/mol. The van der Waals surface area contributed by atoms with E-state index in [-0.39, 0.29) is 15.9 Å². The van der Waals surface area contributed by atoms with Crippen LogP contribution >= 0.6 is 0 Å². The quantitative estimate of drug-likeness (QED) is 0.0900. The normalized spacial score (nSPS) is 19.2. The Kier molecular flexibility index (Phi) is 8.90. The lowest BCUT2D eigenvalue weighted by molar-refractivity contribution is -0.862. The highest BCUT2D eigenvalue weighted by atomic mass is 32.2. The summed E-state index contributed by atoms with van der Waals surface area (Å²) in [6.45, 7) is 2.83. The van der Waals surface area contributed by atoms with Crippen molar-refractivity contribution >= 4 is 28.0 Å². The number of unbranched alkanes of at least 4 members (excludes halogenated alkanes) is 1. The number of benzene rings is 4. The molecular weight excluding hydrogens is 596 g/mol. The van der Waals surface area contributed by atoms with Crippen LogP contribution in [0.2, 0.25) is 0 Å². The van der Waals surface area contributed by atoms with Crippen molar-refractivity contribution < 1.29 is 22.9 Å². The van der Waals surface area contributed by atoms with E-state index < -0.39 is 21.5 Å². The van der Waals surface area contributed by atoms with Crippen LogP contribution in [0.3, 0.4) is 0 Å². The van der Waals surface area contributed by atoms with Crippen LogP contribution in [0.15, 0.2) is 131 Å². The van der Waals surface area contributed by atoms with Crippen LogP contribution in [-0.4, -0.2) is 37.0 Å². The van der Waals surface area contributed by atoms with Crippen LogP contribution in [0.25, 0.3) is 0 Å². The summed E-state index contributed by atoms with van der Waals surface area (Å²) in [5.74, 6) is -0.455. The van der Waals surface area contributed by atoms with Gasteiger partial charge in [0.05, 0.1) is 5.69 Å². The summed E-state index contributed by atoms with van der Waals surface area (Å²) < 4.78 is 29.2. The minimum atomic E-state index is -4.18. The largest absolute Gasteiger partial charge is 0.481 e. The molecule has 9 heteroatoms. The molecule has 0 bridgehead atoms. The molecule has 3 N–H and O–H groups in total. The van der Waals surface area contributed by atoms with Gasteiger partial charge >= 0.3 is 5.97 Å². The maximum atomic E-state index is 14.8. The fourth-order valence-electron chi connectivity index (χ4n) is 6.80. The smallest absolute Gasteiger partial charge is 0.303 e. The molecule has 46 heavy (non-hydrogen) atoms. The minimum Gasteiger partial charge on any atom is -0.481 e. The van der Waals surface area contributed by atoms with Crippen molar-refractivity contribution in [1.29, 1.82) is 0 Å². The fraction of sp³-hybridized carbons (Fsp3) is 0.243. The number of allylic oxidation sites excluding steroid dienone is 1. The summed E-state index contributed by atoms with van der Waals surface area (Å²) in [7, 11) is -4.18. The van der Waals surface area contributed by atoms with E-state index >= 15 is 0 Å². The summed E-state index contributed by atoms with van der Waals surface area (Å²) >= 11 is 0. The van der Waals surface area contributed by atoms with E-state index in [0.29, 0.717) is 43.1 Å². The van der Waals surface area contributed by atoms with Gasteiger partial charge in [-0.1, -0.05) is 110 Å². The SMILES string of the molecule is CC1CNc2c(cccc2S(=O)(=O)N[N@@+]2(C(c3ccccc3)(c3ccccc3)c3ccccc3)C=NC(CCCCC(=O)O)=C2)C1. The lowest BCUT2D eigenvalue weighted by Gasteiger charge is -2.46. The number of hydrogen-bond donors (Lipinski definition) is 3. The Morgan fingerprint density at radius 2 is 1.48 bits per heavy atom. The van der Waals surface area contributed by atoms with Gasteiger partial charge in [-0.15, -0.1) is 4.59 Å². The molecule has 236 valence electrons. The number of nitrogens with one attached hydrogen (secondary N) is 2. The van der Waals surface area contributed by atoms with E-state index in [0.717, 1.165) is 28.7 Å². The Bertz CT molecular complexity index is 1760. The first kappa shape index (κ1) is 31.4. The molecule has 2 heterocycles. The van der Waals surface area contributed by atoms with Crippen molar-refractivity contribution in [2.75, 3.05) is 11.9 Å². The number of para-hydroxylation sites is 1. The molecule has 4 aromatic rings. The molecule has 0 aromatic heterocycles. The van der Waals surface area contributed by atoms with E-state index in [9.17, 15) is 18.3 Å². The molecule has 0 amide bonds. The number of aliphatic carboxylic acids is 1. The van der Waals surface area contributed by atoms with Crippen molar-refractivity contribution in [1.82, 2.24) is 4.83 Å². The van der Waals surface area contributed by atoms with Gasteiger partial charge in [0, 0.05) is 29.7 Å². The maximum Gasteiger partial charge on any atom is 0.303 e. The van der Waals surface area contributed by atoms with Crippen LogP contribution in [-0.2, 0) is 26.8 Å². The Labute approximate surface area is 270 Å². The predicted molar refractivity (Wildman–Crippen MR) is 180 cm³/mol. The van der Waals surface area contributed by atoms with Crippen LogP contribution in [0.5, 0.6) is 0 Å². The van der Waals surface area contributed by atoms with Crippen LogP contribution in [0, 0.1) is 5.92 Å². The molecular formula is C37H39N4O4S+. The van der Waals surface area contributed by atoms with Gasteiger partial charge in [-0.25, -0.2) is 13.4 Å². The average molecular weight is 636 g/mol.